The van der Waals surface area contributed by atoms with Gasteiger partial charge in [0.05, 0.1) is 0 Å². The van der Waals surface area contributed by atoms with Gasteiger partial charge in [0.25, 0.3) is 5.56 Å². The predicted octanol–water partition coefficient (Wildman–Crippen LogP) is -1.16. The molecule has 0 spiro atoms. The highest BCUT2D eigenvalue weighted by atomic mass is 16.2. The van der Waals surface area contributed by atoms with Crippen LogP contribution in [-0.2, 0) is 0 Å². The monoisotopic (exact) mass is 169 g/mol. The van der Waals surface area contributed by atoms with Gasteiger partial charge in [0, 0.05) is 6.07 Å². The van der Waals surface area contributed by atoms with Crippen molar-refractivity contribution in [2.75, 3.05) is 11.1 Å². The average Bonchev–Trinajstić information content (AvgIpc) is 1.81. The summed E-state index contributed by atoms with van der Waals surface area (Å²) in [6.07, 6.45) is 0. The second-order valence-corrected chi connectivity index (χ2v) is 2.01. The van der Waals surface area contributed by atoms with Gasteiger partial charge in [0.1, 0.15) is 5.82 Å². The number of nitrogens with zero attached hydrogens (tertiary/aromatic N) is 1. The van der Waals surface area contributed by atoms with Gasteiger partial charge >= 0.3 is 6.03 Å². The SMILES string of the molecule is NC(=O)Nc1cc(=O)[nH]c(N)n1. The van der Waals surface area contributed by atoms with Gasteiger partial charge in [-0.15, -0.1) is 0 Å². The Bertz CT molecular complexity index is 357. The second kappa shape index (κ2) is 2.91. The molecule has 0 aliphatic rings. The third kappa shape index (κ3) is 1.97. The van der Waals surface area contributed by atoms with Crippen LogP contribution < -0.4 is 22.3 Å². The van der Waals surface area contributed by atoms with Gasteiger partial charge in [-0.1, -0.05) is 0 Å². The number of hydrogen-bond acceptors (Lipinski definition) is 4. The fourth-order valence-electron chi connectivity index (χ4n) is 0.667. The van der Waals surface area contributed by atoms with E-state index < -0.39 is 11.6 Å². The summed E-state index contributed by atoms with van der Waals surface area (Å²) < 4.78 is 0. The van der Waals surface area contributed by atoms with Crippen molar-refractivity contribution in [3.05, 3.63) is 16.4 Å². The van der Waals surface area contributed by atoms with E-state index in [4.69, 9.17) is 11.5 Å². The number of anilines is 2. The first-order valence-electron chi connectivity index (χ1n) is 3.01. The highest BCUT2D eigenvalue weighted by molar-refractivity contribution is 5.86. The minimum Gasteiger partial charge on any atom is -0.369 e. The summed E-state index contributed by atoms with van der Waals surface area (Å²) in [5.41, 5.74) is 9.51. The molecule has 6 N–H and O–H groups in total. The zero-order valence-electron chi connectivity index (χ0n) is 6.00. The molecule has 0 unspecified atom stereocenters. The highest BCUT2D eigenvalue weighted by Crippen LogP contribution is 1.97. The smallest absolute Gasteiger partial charge is 0.317 e. The van der Waals surface area contributed by atoms with Crippen LogP contribution >= 0.6 is 0 Å². The van der Waals surface area contributed by atoms with Crippen LogP contribution in [0, 0.1) is 0 Å². The van der Waals surface area contributed by atoms with Gasteiger partial charge in [0.2, 0.25) is 5.95 Å². The Labute approximate surface area is 66.8 Å². The molecule has 0 aliphatic heterocycles. The fraction of sp³-hybridized carbons (Fsp3) is 0. The number of nitrogens with one attached hydrogen (secondary N) is 2. The Morgan fingerprint density at radius 3 is 2.83 bits per heavy atom. The number of primary amides is 1. The Kier molecular flexibility index (Phi) is 1.95. The van der Waals surface area contributed by atoms with Crippen LogP contribution in [0.25, 0.3) is 0 Å². The molecule has 12 heavy (non-hydrogen) atoms. The van der Waals surface area contributed by atoms with Crippen molar-refractivity contribution in [1.29, 1.82) is 0 Å². The van der Waals surface area contributed by atoms with Crippen molar-refractivity contribution in [3.63, 3.8) is 0 Å². The molecule has 1 rings (SSSR count). The zero-order valence-corrected chi connectivity index (χ0v) is 6.00. The lowest BCUT2D eigenvalue weighted by Gasteiger charge is -1.99. The molecule has 1 aromatic heterocycles. The van der Waals surface area contributed by atoms with Crippen LogP contribution in [0.15, 0.2) is 10.9 Å². The molecule has 1 aromatic rings. The van der Waals surface area contributed by atoms with Gasteiger partial charge in [-0.3, -0.25) is 15.1 Å². The van der Waals surface area contributed by atoms with Gasteiger partial charge in [-0.25, -0.2) is 4.79 Å². The Hall–Kier alpha value is -2.05. The van der Waals surface area contributed by atoms with E-state index in [2.05, 4.69) is 15.3 Å². The summed E-state index contributed by atoms with van der Waals surface area (Å²) in [6.45, 7) is 0. The van der Waals surface area contributed by atoms with Crippen molar-refractivity contribution in [1.82, 2.24) is 9.97 Å². The number of carbonyl (C=O) groups excluding carboxylic acids is 1. The average molecular weight is 169 g/mol. The standard InChI is InChI=1S/C5H7N5O2/c6-4-8-2(9-5(7)12)1-3(11)10-4/h1H,(H6,6,7,8,9,10,11,12). The van der Waals surface area contributed by atoms with Gasteiger partial charge in [-0.05, 0) is 0 Å². The number of aromatic amines is 1. The highest BCUT2D eigenvalue weighted by Gasteiger charge is 1.99. The molecule has 0 fully saturated rings. The minimum absolute atomic E-state index is 0.0313. The summed E-state index contributed by atoms with van der Waals surface area (Å²) in [6, 6.07) is 0.272. The molecule has 2 amide bonds. The van der Waals surface area contributed by atoms with Crippen molar-refractivity contribution in [3.8, 4) is 0 Å². The van der Waals surface area contributed by atoms with E-state index in [9.17, 15) is 9.59 Å². The van der Waals surface area contributed by atoms with Gasteiger partial charge < -0.3 is 11.5 Å². The maximum absolute atomic E-state index is 10.7. The summed E-state index contributed by atoms with van der Waals surface area (Å²) in [7, 11) is 0. The number of H-pyrrole nitrogens is 1. The van der Waals surface area contributed by atoms with Gasteiger partial charge in [0.15, 0.2) is 0 Å². The molecule has 64 valence electrons. The number of urea groups is 1. The first kappa shape index (κ1) is 8.05. The van der Waals surface area contributed by atoms with E-state index in [1.54, 1.807) is 0 Å². The van der Waals surface area contributed by atoms with Crippen molar-refractivity contribution in [2.45, 2.75) is 0 Å². The van der Waals surface area contributed by atoms with Crippen LogP contribution in [-0.4, -0.2) is 16.0 Å². The molecule has 0 radical (unpaired) electrons. The molecule has 0 aliphatic carbocycles. The molecular weight excluding hydrogens is 162 g/mol. The van der Waals surface area contributed by atoms with Crippen LogP contribution in [0.3, 0.4) is 0 Å². The molecule has 0 bridgehead atoms. The molecule has 0 atom stereocenters. The van der Waals surface area contributed by atoms with Crippen LogP contribution in [0.4, 0.5) is 16.6 Å². The van der Waals surface area contributed by atoms with Crippen molar-refractivity contribution >= 4 is 17.8 Å². The van der Waals surface area contributed by atoms with Crippen molar-refractivity contribution in [2.24, 2.45) is 5.73 Å². The Morgan fingerprint density at radius 2 is 2.33 bits per heavy atom. The fourth-order valence-corrected chi connectivity index (χ4v) is 0.667. The summed E-state index contributed by atoms with van der Waals surface area (Å²) in [4.78, 5) is 26.8. The number of amides is 2. The molecular formula is C5H7N5O2. The molecule has 0 saturated heterocycles. The Balaban J connectivity index is 3.01. The molecule has 0 saturated carbocycles. The second-order valence-electron chi connectivity index (χ2n) is 2.01. The predicted molar refractivity (Wildman–Crippen MR) is 42.5 cm³/mol. The lowest BCUT2D eigenvalue weighted by Crippen LogP contribution is -2.22. The number of nitrogen functional groups attached to an aromatic ring is 1. The first-order chi connectivity index (χ1) is 5.58. The summed E-state index contributed by atoms with van der Waals surface area (Å²) in [5.74, 6) is -0.0463. The largest absolute Gasteiger partial charge is 0.369 e. The maximum Gasteiger partial charge on any atom is 0.317 e. The van der Waals surface area contributed by atoms with E-state index >= 15 is 0 Å². The third-order valence-electron chi connectivity index (χ3n) is 1.01. The van der Waals surface area contributed by atoms with E-state index in [0.717, 1.165) is 6.07 Å². The number of nitrogens with two attached hydrogens (primary N) is 2. The van der Waals surface area contributed by atoms with E-state index in [1.807, 2.05) is 0 Å². The van der Waals surface area contributed by atoms with Gasteiger partial charge in [-0.2, -0.15) is 4.98 Å². The van der Waals surface area contributed by atoms with E-state index in [-0.39, 0.29) is 11.8 Å². The van der Waals surface area contributed by atoms with E-state index in [1.165, 1.54) is 0 Å². The van der Waals surface area contributed by atoms with E-state index in [0.29, 0.717) is 0 Å². The molecule has 1 heterocycles. The molecule has 7 nitrogen and oxygen atoms in total. The lowest BCUT2D eigenvalue weighted by atomic mass is 10.5. The van der Waals surface area contributed by atoms with Crippen LogP contribution in [0.2, 0.25) is 0 Å². The number of carbonyl (C=O) groups is 1. The lowest BCUT2D eigenvalue weighted by molar-refractivity contribution is 0.259. The number of aromatic nitrogens is 2. The van der Waals surface area contributed by atoms with Crippen LogP contribution in [0.5, 0.6) is 0 Å². The quantitative estimate of drug-likeness (QED) is 0.423. The minimum atomic E-state index is -0.799. The van der Waals surface area contributed by atoms with Crippen molar-refractivity contribution < 1.29 is 4.79 Å². The normalized spacial score (nSPS) is 9.33. The maximum atomic E-state index is 10.7. The molecule has 0 aromatic carbocycles. The summed E-state index contributed by atoms with van der Waals surface area (Å²) >= 11 is 0. The third-order valence-corrected chi connectivity index (χ3v) is 1.01. The summed E-state index contributed by atoms with van der Waals surface area (Å²) in [5, 5.41) is 2.11. The topological polar surface area (TPSA) is 127 Å². The number of rotatable bonds is 1. The number of hydrogen-bond donors (Lipinski definition) is 4. The zero-order chi connectivity index (χ0) is 9.14. The first-order valence-corrected chi connectivity index (χ1v) is 3.01. The van der Waals surface area contributed by atoms with Crippen LogP contribution in [0.1, 0.15) is 0 Å². The Morgan fingerprint density at radius 1 is 1.67 bits per heavy atom. The molecule has 7 heteroatoms.